The van der Waals surface area contributed by atoms with Gasteiger partial charge in [-0.25, -0.2) is 4.68 Å². The van der Waals surface area contributed by atoms with Gasteiger partial charge in [0.15, 0.2) is 0 Å². The highest BCUT2D eigenvalue weighted by molar-refractivity contribution is 7.98. The predicted octanol–water partition coefficient (Wildman–Crippen LogP) is 2.34. The Hall–Kier alpha value is -2.52. The Morgan fingerprint density at radius 2 is 2.10 bits per heavy atom. The normalized spacial score (nSPS) is 15.4. The molecule has 10 heteroatoms. The number of benzene rings is 1. The molecule has 4 rings (SSSR count). The molecule has 0 spiro atoms. The van der Waals surface area contributed by atoms with E-state index in [9.17, 15) is 14.4 Å². The molecule has 2 aliphatic rings. The maximum atomic E-state index is 12.5. The smallest absolute Gasteiger partial charge is 0.314 e. The van der Waals surface area contributed by atoms with Crippen LogP contribution in [0, 0.1) is 0 Å². The molecule has 1 aromatic heterocycles. The van der Waals surface area contributed by atoms with Gasteiger partial charge in [-0.2, -0.15) is 16.9 Å². The number of halogens is 1. The molecule has 30 heavy (non-hydrogen) atoms. The van der Waals surface area contributed by atoms with E-state index in [0.29, 0.717) is 42.5 Å². The number of aromatic nitrogens is 2. The van der Waals surface area contributed by atoms with E-state index in [-0.39, 0.29) is 5.91 Å². The van der Waals surface area contributed by atoms with Gasteiger partial charge in [0.2, 0.25) is 5.91 Å². The molecule has 1 saturated heterocycles. The Balaban J connectivity index is 1.39. The number of nitrogens with zero attached hydrogens (tertiary/aromatic N) is 3. The lowest BCUT2D eigenvalue weighted by atomic mass is 10.2. The van der Waals surface area contributed by atoms with Gasteiger partial charge in [0.1, 0.15) is 5.82 Å². The minimum atomic E-state index is -0.741. The summed E-state index contributed by atoms with van der Waals surface area (Å²) < 4.78 is 1.63. The van der Waals surface area contributed by atoms with Crippen LogP contribution in [0.5, 0.6) is 0 Å². The first-order valence-corrected chi connectivity index (χ1v) is 11.4. The van der Waals surface area contributed by atoms with Gasteiger partial charge in [0.05, 0.1) is 11.4 Å². The van der Waals surface area contributed by atoms with Crippen LogP contribution in [0.2, 0.25) is 5.02 Å². The number of carbonyl (C=O) groups excluding carboxylic acids is 3. The number of hydrogen-bond acceptors (Lipinski definition) is 5. The summed E-state index contributed by atoms with van der Waals surface area (Å²) >= 11 is 7.81. The van der Waals surface area contributed by atoms with Gasteiger partial charge >= 0.3 is 11.8 Å². The van der Waals surface area contributed by atoms with Crippen LogP contribution in [-0.4, -0.2) is 52.0 Å². The molecule has 0 aliphatic carbocycles. The molecular weight excluding hydrogens is 426 g/mol. The van der Waals surface area contributed by atoms with Crippen LogP contribution < -0.4 is 10.6 Å². The molecule has 0 radical (unpaired) electrons. The van der Waals surface area contributed by atoms with Crippen molar-refractivity contribution in [2.45, 2.75) is 30.8 Å². The molecule has 3 heterocycles. The van der Waals surface area contributed by atoms with Crippen LogP contribution in [0.1, 0.15) is 30.5 Å². The van der Waals surface area contributed by atoms with Crippen molar-refractivity contribution in [2.75, 3.05) is 25.0 Å². The summed E-state index contributed by atoms with van der Waals surface area (Å²) in [6.07, 6.45) is 2.09. The summed E-state index contributed by atoms with van der Waals surface area (Å²) in [4.78, 5) is 38.2. The van der Waals surface area contributed by atoms with Gasteiger partial charge in [0.25, 0.3) is 0 Å². The van der Waals surface area contributed by atoms with Crippen molar-refractivity contribution in [3.05, 3.63) is 40.5 Å². The van der Waals surface area contributed by atoms with Gasteiger partial charge in [-0.3, -0.25) is 14.4 Å². The Kier molecular flexibility index (Phi) is 6.29. The first-order valence-electron chi connectivity index (χ1n) is 9.84. The van der Waals surface area contributed by atoms with Crippen LogP contribution >= 0.6 is 23.4 Å². The maximum Gasteiger partial charge on any atom is 0.314 e. The lowest BCUT2D eigenvalue weighted by Gasteiger charge is -2.15. The standard InChI is InChI=1S/C20H22ClN5O3S/c21-13-4-1-5-14(10-13)26-18(15-11-30-12-16(15)24-26)23-20(29)19(28)22-7-3-9-25-8-2-6-17(25)27/h1,4-5,10H,2-3,6-9,11-12H2,(H,22,28)(H,23,29). The van der Waals surface area contributed by atoms with Gasteiger partial charge < -0.3 is 15.5 Å². The SMILES string of the molecule is O=C(NCCCN1CCCC1=O)C(=O)Nc1c2c(nn1-c1cccc(Cl)c1)CSC2. The first-order chi connectivity index (χ1) is 14.5. The van der Waals surface area contributed by atoms with Crippen LogP contribution in [0.25, 0.3) is 5.69 Å². The number of thioether (sulfide) groups is 1. The summed E-state index contributed by atoms with van der Waals surface area (Å²) in [7, 11) is 0. The molecule has 8 nitrogen and oxygen atoms in total. The third-order valence-electron chi connectivity index (χ3n) is 5.10. The Bertz CT molecular complexity index is 993. The maximum absolute atomic E-state index is 12.5. The van der Waals surface area contributed by atoms with Crippen molar-refractivity contribution in [1.29, 1.82) is 0 Å². The van der Waals surface area contributed by atoms with Gasteiger partial charge in [-0.05, 0) is 31.0 Å². The number of anilines is 1. The van der Waals surface area contributed by atoms with Crippen molar-refractivity contribution >= 4 is 46.9 Å². The number of likely N-dealkylation sites (tertiary alicyclic amines) is 1. The molecule has 2 aliphatic heterocycles. The minimum Gasteiger partial charge on any atom is -0.348 e. The second-order valence-corrected chi connectivity index (χ2v) is 8.63. The van der Waals surface area contributed by atoms with Crippen LogP contribution in [0.15, 0.2) is 24.3 Å². The number of hydrogen-bond donors (Lipinski definition) is 2. The molecule has 0 unspecified atom stereocenters. The summed E-state index contributed by atoms with van der Waals surface area (Å²) in [6, 6.07) is 7.17. The summed E-state index contributed by atoms with van der Waals surface area (Å²) in [5.41, 5.74) is 2.53. The second kappa shape index (κ2) is 9.09. The minimum absolute atomic E-state index is 0.153. The lowest BCUT2D eigenvalue weighted by molar-refractivity contribution is -0.136. The quantitative estimate of drug-likeness (QED) is 0.523. The molecule has 0 bridgehead atoms. The monoisotopic (exact) mass is 447 g/mol. The zero-order valence-corrected chi connectivity index (χ0v) is 17.9. The molecule has 0 saturated carbocycles. The highest BCUT2D eigenvalue weighted by Crippen LogP contribution is 2.36. The average molecular weight is 448 g/mol. The highest BCUT2D eigenvalue weighted by atomic mass is 35.5. The first kappa shape index (κ1) is 20.7. The van der Waals surface area contributed by atoms with Crippen molar-refractivity contribution < 1.29 is 14.4 Å². The largest absolute Gasteiger partial charge is 0.348 e. The van der Waals surface area contributed by atoms with Crippen molar-refractivity contribution in [3.8, 4) is 5.69 Å². The Labute approximate surface area is 183 Å². The zero-order valence-electron chi connectivity index (χ0n) is 16.3. The van der Waals surface area contributed by atoms with Gasteiger partial charge in [-0.1, -0.05) is 17.7 Å². The van der Waals surface area contributed by atoms with E-state index < -0.39 is 11.8 Å². The fourth-order valence-corrected chi connectivity index (χ4v) is 4.81. The molecule has 2 aromatic rings. The lowest BCUT2D eigenvalue weighted by Crippen LogP contribution is -2.37. The molecule has 0 atom stereocenters. The van der Waals surface area contributed by atoms with E-state index in [2.05, 4.69) is 15.7 Å². The summed E-state index contributed by atoms with van der Waals surface area (Å²) in [5, 5.41) is 10.5. The molecule has 2 N–H and O–H groups in total. The second-order valence-electron chi connectivity index (χ2n) is 7.21. The van der Waals surface area contributed by atoms with Crippen LogP contribution in [0.4, 0.5) is 5.82 Å². The number of carbonyl (C=O) groups is 3. The number of amides is 3. The number of rotatable bonds is 6. The number of nitrogens with one attached hydrogen (secondary N) is 2. The Morgan fingerprint density at radius 3 is 2.87 bits per heavy atom. The van der Waals surface area contributed by atoms with Gasteiger partial charge in [0, 0.05) is 48.1 Å². The topological polar surface area (TPSA) is 96.3 Å². The van der Waals surface area contributed by atoms with Gasteiger partial charge in [-0.15, -0.1) is 0 Å². The van der Waals surface area contributed by atoms with Crippen molar-refractivity contribution in [1.82, 2.24) is 20.0 Å². The molecular formula is C20H22ClN5O3S. The van der Waals surface area contributed by atoms with Crippen molar-refractivity contribution in [3.63, 3.8) is 0 Å². The summed E-state index contributed by atoms with van der Waals surface area (Å²) in [6.45, 7) is 1.69. The molecule has 158 valence electrons. The predicted molar refractivity (Wildman–Crippen MR) is 116 cm³/mol. The highest BCUT2D eigenvalue weighted by Gasteiger charge is 2.26. The Morgan fingerprint density at radius 1 is 1.23 bits per heavy atom. The van der Waals surface area contributed by atoms with E-state index in [4.69, 9.17) is 11.6 Å². The van der Waals surface area contributed by atoms with Crippen LogP contribution in [0.3, 0.4) is 0 Å². The van der Waals surface area contributed by atoms with E-state index in [1.54, 1.807) is 33.5 Å². The van der Waals surface area contributed by atoms with E-state index >= 15 is 0 Å². The molecule has 1 fully saturated rings. The summed E-state index contributed by atoms with van der Waals surface area (Å²) in [5.74, 6) is 0.681. The van der Waals surface area contributed by atoms with E-state index in [0.717, 1.165) is 35.7 Å². The third kappa shape index (κ3) is 4.46. The number of fused-ring (bicyclic) bond motifs is 1. The molecule has 3 amide bonds. The van der Waals surface area contributed by atoms with E-state index in [1.807, 2.05) is 12.1 Å². The average Bonchev–Trinajstić information content (AvgIpc) is 3.43. The van der Waals surface area contributed by atoms with Crippen molar-refractivity contribution in [2.24, 2.45) is 0 Å². The third-order valence-corrected chi connectivity index (χ3v) is 6.31. The molecule has 1 aromatic carbocycles. The van der Waals surface area contributed by atoms with Crippen LogP contribution in [-0.2, 0) is 25.9 Å². The zero-order chi connectivity index (χ0) is 21.1. The van der Waals surface area contributed by atoms with E-state index in [1.165, 1.54) is 0 Å². The fourth-order valence-electron chi connectivity index (χ4n) is 3.59. The fraction of sp³-hybridized carbons (Fsp3) is 0.400.